The lowest BCUT2D eigenvalue weighted by atomic mass is 9.75. The number of carbonyl (C=O) groups excluding carboxylic acids is 1. The van der Waals surface area contributed by atoms with Gasteiger partial charge in [-0.3, -0.25) is 9.78 Å². The zero-order valence-corrected chi connectivity index (χ0v) is 13.7. The first-order chi connectivity index (χ1) is 10.9. The van der Waals surface area contributed by atoms with Crippen LogP contribution >= 0.6 is 0 Å². The lowest BCUT2D eigenvalue weighted by Crippen LogP contribution is -2.25. The Labute approximate surface area is 135 Å². The summed E-state index contributed by atoms with van der Waals surface area (Å²) in [6.45, 7) is 6.37. The Morgan fingerprint density at radius 1 is 1.48 bits per heavy atom. The second kappa shape index (κ2) is 5.81. The summed E-state index contributed by atoms with van der Waals surface area (Å²) in [5.41, 5.74) is 2.28. The van der Waals surface area contributed by atoms with Gasteiger partial charge < -0.3 is 14.8 Å². The zero-order chi connectivity index (χ0) is 16.6. The lowest BCUT2D eigenvalue weighted by molar-refractivity contribution is 0.0883. The molecule has 2 heterocycles. The third-order valence-electron chi connectivity index (χ3n) is 4.35. The molecule has 0 unspecified atom stereocenters. The Morgan fingerprint density at radius 2 is 2.26 bits per heavy atom. The molecular weight excluding hydrogens is 292 g/mol. The van der Waals surface area contributed by atoms with Gasteiger partial charge in [-0.05, 0) is 30.9 Å². The van der Waals surface area contributed by atoms with E-state index in [1.165, 1.54) is 0 Å². The first-order valence-corrected chi connectivity index (χ1v) is 7.86. The molecule has 122 valence electrons. The van der Waals surface area contributed by atoms with Crippen LogP contribution in [0, 0.1) is 12.3 Å². The Bertz CT molecular complexity index is 719. The van der Waals surface area contributed by atoms with Crippen molar-refractivity contribution in [2.24, 2.45) is 5.41 Å². The second-order valence-corrected chi connectivity index (χ2v) is 6.96. The summed E-state index contributed by atoms with van der Waals surface area (Å²) in [7, 11) is 0. The minimum Gasteiger partial charge on any atom is -0.455 e. The van der Waals surface area contributed by atoms with Crippen molar-refractivity contribution in [3.8, 4) is 0 Å². The summed E-state index contributed by atoms with van der Waals surface area (Å²) in [5.74, 6) is 0.754. The van der Waals surface area contributed by atoms with Crippen molar-refractivity contribution in [1.82, 2.24) is 10.3 Å². The summed E-state index contributed by atoms with van der Waals surface area (Å²) < 4.78 is 5.80. The van der Waals surface area contributed by atoms with Crippen molar-refractivity contribution in [3.63, 3.8) is 0 Å². The summed E-state index contributed by atoms with van der Waals surface area (Å²) in [5, 5.41) is 13.2. The number of nitrogens with zero attached hydrogens (tertiary/aromatic N) is 1. The highest BCUT2D eigenvalue weighted by atomic mass is 16.4. The van der Waals surface area contributed by atoms with Gasteiger partial charge in [0, 0.05) is 23.7 Å². The number of furan rings is 1. The monoisotopic (exact) mass is 314 g/mol. The maximum atomic E-state index is 12.4. The van der Waals surface area contributed by atoms with E-state index in [4.69, 9.17) is 4.42 Å². The fourth-order valence-electron chi connectivity index (χ4n) is 3.26. The Morgan fingerprint density at radius 3 is 2.96 bits per heavy atom. The number of nitrogens with one attached hydrogen (secondary N) is 1. The average Bonchev–Trinajstić information content (AvgIpc) is 2.81. The number of hydrogen-bond donors (Lipinski definition) is 2. The Balaban J connectivity index is 1.80. The summed E-state index contributed by atoms with van der Waals surface area (Å²) in [4.78, 5) is 16.6. The number of amides is 1. The molecule has 0 spiro atoms. The molecule has 1 aliphatic carbocycles. The van der Waals surface area contributed by atoms with Crippen molar-refractivity contribution in [1.29, 1.82) is 0 Å². The molecule has 2 N–H and O–H groups in total. The number of fused-ring (bicyclic) bond motifs is 1. The number of hydrogen-bond acceptors (Lipinski definition) is 4. The zero-order valence-electron chi connectivity index (χ0n) is 13.7. The molecule has 5 heteroatoms. The Hall–Kier alpha value is -2.14. The number of aliphatic hydroxyl groups excluding tert-OH is 1. The number of aliphatic hydroxyl groups is 1. The quantitative estimate of drug-likeness (QED) is 0.913. The SMILES string of the molecule is Cc1c(C(=O)NCc2ccccn2)oc2c1[C@@H](O)CC(C)(C)C2. The van der Waals surface area contributed by atoms with Gasteiger partial charge >= 0.3 is 0 Å². The van der Waals surface area contributed by atoms with E-state index in [2.05, 4.69) is 24.1 Å². The summed E-state index contributed by atoms with van der Waals surface area (Å²) >= 11 is 0. The molecule has 0 radical (unpaired) electrons. The normalized spacial score (nSPS) is 19.2. The summed E-state index contributed by atoms with van der Waals surface area (Å²) in [6.07, 6.45) is 2.52. The molecule has 2 aromatic rings. The van der Waals surface area contributed by atoms with Crippen LogP contribution in [0.5, 0.6) is 0 Å². The predicted molar refractivity (Wildman–Crippen MR) is 85.9 cm³/mol. The number of pyridine rings is 1. The molecule has 3 rings (SSSR count). The molecule has 0 saturated carbocycles. The van der Waals surface area contributed by atoms with Crippen molar-refractivity contribution >= 4 is 5.91 Å². The molecular formula is C18H22N2O3. The van der Waals surface area contributed by atoms with E-state index in [0.29, 0.717) is 18.7 Å². The molecule has 1 atom stereocenters. The highest BCUT2D eigenvalue weighted by Crippen LogP contribution is 2.43. The molecule has 23 heavy (non-hydrogen) atoms. The number of rotatable bonds is 3. The van der Waals surface area contributed by atoms with E-state index >= 15 is 0 Å². The van der Waals surface area contributed by atoms with Gasteiger partial charge in [-0.25, -0.2) is 0 Å². The lowest BCUT2D eigenvalue weighted by Gasteiger charge is -2.31. The highest BCUT2D eigenvalue weighted by Gasteiger charge is 2.37. The van der Waals surface area contributed by atoms with Gasteiger partial charge in [0.15, 0.2) is 5.76 Å². The maximum Gasteiger partial charge on any atom is 0.287 e. The van der Waals surface area contributed by atoms with Crippen LogP contribution in [-0.4, -0.2) is 16.0 Å². The first kappa shape index (κ1) is 15.7. The van der Waals surface area contributed by atoms with E-state index in [-0.39, 0.29) is 11.3 Å². The van der Waals surface area contributed by atoms with Crippen LogP contribution in [-0.2, 0) is 13.0 Å². The first-order valence-electron chi connectivity index (χ1n) is 7.86. The minimum atomic E-state index is -0.574. The fraction of sp³-hybridized carbons (Fsp3) is 0.444. The molecule has 1 amide bonds. The van der Waals surface area contributed by atoms with Gasteiger partial charge in [0.2, 0.25) is 0 Å². The molecule has 0 aromatic carbocycles. The standard InChI is InChI=1S/C18H22N2O3/c1-11-15-13(21)8-18(2,3)9-14(15)23-16(11)17(22)20-10-12-6-4-5-7-19-12/h4-7,13,21H,8-10H2,1-3H3,(H,20,22)/t13-/m0/s1. The number of carbonyl (C=O) groups is 1. The van der Waals surface area contributed by atoms with Gasteiger partial charge in [-0.2, -0.15) is 0 Å². The summed E-state index contributed by atoms with van der Waals surface area (Å²) in [6, 6.07) is 5.57. The van der Waals surface area contributed by atoms with Crippen LogP contribution in [0.3, 0.4) is 0 Å². The molecule has 0 fully saturated rings. The van der Waals surface area contributed by atoms with Gasteiger partial charge in [-0.1, -0.05) is 19.9 Å². The largest absolute Gasteiger partial charge is 0.455 e. The van der Waals surface area contributed by atoms with E-state index in [9.17, 15) is 9.90 Å². The van der Waals surface area contributed by atoms with Crippen LogP contribution in [0.2, 0.25) is 0 Å². The third kappa shape index (κ3) is 3.15. The number of aromatic nitrogens is 1. The molecule has 1 aliphatic rings. The third-order valence-corrected chi connectivity index (χ3v) is 4.35. The van der Waals surface area contributed by atoms with Crippen LogP contribution < -0.4 is 5.32 Å². The fourth-order valence-corrected chi connectivity index (χ4v) is 3.26. The van der Waals surface area contributed by atoms with Crippen molar-refractivity contribution < 1.29 is 14.3 Å². The van der Waals surface area contributed by atoms with Crippen molar-refractivity contribution in [3.05, 3.63) is 52.7 Å². The second-order valence-electron chi connectivity index (χ2n) is 6.96. The topological polar surface area (TPSA) is 75.4 Å². The highest BCUT2D eigenvalue weighted by molar-refractivity contribution is 5.93. The molecule has 5 nitrogen and oxygen atoms in total. The van der Waals surface area contributed by atoms with Gasteiger partial charge in [-0.15, -0.1) is 0 Å². The molecule has 2 aromatic heterocycles. The maximum absolute atomic E-state index is 12.4. The van der Waals surface area contributed by atoms with E-state index in [1.54, 1.807) is 6.20 Å². The van der Waals surface area contributed by atoms with Gasteiger partial charge in [0.1, 0.15) is 5.76 Å². The van der Waals surface area contributed by atoms with E-state index < -0.39 is 6.10 Å². The Kier molecular flexibility index (Phi) is 3.98. The van der Waals surface area contributed by atoms with Gasteiger partial charge in [0.25, 0.3) is 5.91 Å². The minimum absolute atomic E-state index is 0.0294. The predicted octanol–water partition coefficient (Wildman–Crippen LogP) is 2.92. The van der Waals surface area contributed by atoms with Gasteiger partial charge in [0.05, 0.1) is 18.3 Å². The molecule has 0 bridgehead atoms. The van der Waals surface area contributed by atoms with Crippen molar-refractivity contribution in [2.75, 3.05) is 0 Å². The molecule has 0 aliphatic heterocycles. The smallest absolute Gasteiger partial charge is 0.287 e. The van der Waals surface area contributed by atoms with E-state index in [1.807, 2.05) is 25.1 Å². The van der Waals surface area contributed by atoms with Crippen LogP contribution in [0.15, 0.2) is 28.8 Å². The van der Waals surface area contributed by atoms with Crippen LogP contribution in [0.4, 0.5) is 0 Å². The van der Waals surface area contributed by atoms with E-state index in [0.717, 1.165) is 29.0 Å². The van der Waals surface area contributed by atoms with Crippen LogP contribution in [0.1, 0.15) is 59.5 Å². The van der Waals surface area contributed by atoms with Crippen LogP contribution in [0.25, 0.3) is 0 Å². The average molecular weight is 314 g/mol. The van der Waals surface area contributed by atoms with Crippen molar-refractivity contribution in [2.45, 2.75) is 46.3 Å². The molecule has 0 saturated heterocycles.